The van der Waals surface area contributed by atoms with Crippen molar-refractivity contribution in [3.05, 3.63) is 28.8 Å². The van der Waals surface area contributed by atoms with Gasteiger partial charge in [0.25, 0.3) is 0 Å². The second kappa shape index (κ2) is 7.78. The van der Waals surface area contributed by atoms with Crippen LogP contribution in [0.2, 0.25) is 0 Å². The van der Waals surface area contributed by atoms with Crippen LogP contribution in [0.3, 0.4) is 0 Å². The molecule has 5 rings (SSSR count). The summed E-state index contributed by atoms with van der Waals surface area (Å²) < 4.78 is 17.1. The fraction of sp³-hybridized carbons (Fsp3) is 0.500. The predicted octanol–water partition coefficient (Wildman–Crippen LogP) is 2.68. The number of fused-ring (bicyclic) bond motifs is 2. The molecule has 0 unspecified atom stereocenters. The van der Waals surface area contributed by atoms with Gasteiger partial charge in [-0.3, -0.25) is 14.6 Å². The molecule has 4 aliphatic rings. The highest BCUT2D eigenvalue weighted by atomic mass is 32.2. The van der Waals surface area contributed by atoms with E-state index in [0.29, 0.717) is 61.6 Å². The van der Waals surface area contributed by atoms with E-state index in [1.54, 1.807) is 31.0 Å². The Morgan fingerprint density at radius 1 is 1.23 bits per heavy atom. The summed E-state index contributed by atoms with van der Waals surface area (Å²) >= 11 is 1.59. The maximum atomic E-state index is 13.0. The van der Waals surface area contributed by atoms with Gasteiger partial charge in [-0.25, -0.2) is 0 Å². The molecule has 31 heavy (non-hydrogen) atoms. The van der Waals surface area contributed by atoms with Gasteiger partial charge in [0, 0.05) is 50.3 Å². The number of piperidine rings is 1. The van der Waals surface area contributed by atoms with Crippen LogP contribution in [0, 0.1) is 0 Å². The molecule has 0 N–H and O–H groups in total. The van der Waals surface area contributed by atoms with E-state index in [2.05, 4.69) is 9.89 Å². The Labute approximate surface area is 185 Å². The van der Waals surface area contributed by atoms with Crippen molar-refractivity contribution in [3.63, 3.8) is 0 Å². The highest BCUT2D eigenvalue weighted by Gasteiger charge is 2.45. The molecular weight excluding hydrogens is 418 g/mol. The Kier molecular flexibility index (Phi) is 5.08. The van der Waals surface area contributed by atoms with Crippen molar-refractivity contribution in [1.29, 1.82) is 0 Å². The van der Waals surface area contributed by atoms with Crippen molar-refractivity contribution in [2.75, 3.05) is 40.4 Å². The molecule has 1 spiro atoms. The highest BCUT2D eigenvalue weighted by molar-refractivity contribution is 8.16. The van der Waals surface area contributed by atoms with Crippen LogP contribution in [0.1, 0.15) is 36.0 Å². The van der Waals surface area contributed by atoms with Crippen LogP contribution in [0.25, 0.3) is 0 Å². The predicted molar refractivity (Wildman–Crippen MR) is 117 cm³/mol. The number of ether oxygens (including phenoxy) is 3. The van der Waals surface area contributed by atoms with Crippen molar-refractivity contribution >= 4 is 28.6 Å². The Hall–Kier alpha value is -2.68. The number of amidine groups is 1. The zero-order valence-corrected chi connectivity index (χ0v) is 18.5. The van der Waals surface area contributed by atoms with Crippen molar-refractivity contribution in [1.82, 2.24) is 9.80 Å². The number of methoxy groups -OCH3 is 2. The van der Waals surface area contributed by atoms with Gasteiger partial charge >= 0.3 is 0 Å². The Morgan fingerprint density at radius 3 is 2.77 bits per heavy atom. The molecule has 1 aromatic rings. The van der Waals surface area contributed by atoms with E-state index in [1.807, 2.05) is 10.3 Å². The number of carbonyl (C=O) groups excluding carboxylic acids is 2. The van der Waals surface area contributed by atoms with Crippen molar-refractivity contribution < 1.29 is 23.8 Å². The van der Waals surface area contributed by atoms with Crippen molar-refractivity contribution in [3.8, 4) is 17.2 Å². The number of rotatable bonds is 4. The lowest BCUT2D eigenvalue weighted by molar-refractivity contribution is -0.134. The molecule has 4 aliphatic heterocycles. The number of Topliss-reactive ketones (excluding diaryl/α,β-unsaturated/α-hetero) is 1. The van der Waals surface area contributed by atoms with Crippen LogP contribution in [-0.4, -0.2) is 72.7 Å². The lowest BCUT2D eigenvalue weighted by Gasteiger charge is -2.44. The minimum Gasteiger partial charge on any atom is -0.496 e. The monoisotopic (exact) mass is 443 g/mol. The molecule has 0 radical (unpaired) electrons. The van der Waals surface area contributed by atoms with Crippen LogP contribution in [-0.2, 0) is 4.79 Å². The van der Waals surface area contributed by atoms with E-state index >= 15 is 0 Å². The fourth-order valence-corrected chi connectivity index (χ4v) is 5.63. The molecule has 0 aromatic heterocycles. The van der Waals surface area contributed by atoms with E-state index in [-0.39, 0.29) is 11.7 Å². The van der Waals surface area contributed by atoms with Crippen molar-refractivity contribution in [2.24, 2.45) is 4.99 Å². The summed E-state index contributed by atoms with van der Waals surface area (Å²) in [6.07, 6.45) is 1.91. The topological polar surface area (TPSA) is 80.7 Å². The molecule has 0 aliphatic carbocycles. The summed E-state index contributed by atoms with van der Waals surface area (Å²) in [7, 11) is 3.10. The van der Waals surface area contributed by atoms with Gasteiger partial charge in [-0.05, 0) is 5.41 Å². The number of benzene rings is 1. The Bertz CT molecular complexity index is 997. The molecule has 1 aromatic carbocycles. The summed E-state index contributed by atoms with van der Waals surface area (Å²) in [5.41, 5.74) is 0.917. The number of nitrogens with zero attached hydrogens (tertiary/aromatic N) is 3. The first kappa shape index (κ1) is 20.2. The molecule has 1 saturated heterocycles. The maximum Gasteiger partial charge on any atom is 0.228 e. The maximum absolute atomic E-state index is 13.0. The fourth-order valence-electron chi connectivity index (χ4n) is 4.67. The van der Waals surface area contributed by atoms with Crippen LogP contribution in [0.5, 0.6) is 17.2 Å². The van der Waals surface area contributed by atoms with Gasteiger partial charge in [0.15, 0.2) is 11.0 Å². The number of thioether (sulfide) groups is 1. The van der Waals surface area contributed by atoms with Crippen molar-refractivity contribution in [2.45, 2.75) is 31.3 Å². The van der Waals surface area contributed by atoms with Gasteiger partial charge in [0.05, 0.1) is 33.6 Å². The van der Waals surface area contributed by atoms with E-state index in [9.17, 15) is 9.59 Å². The number of hydrogen-bond acceptors (Lipinski definition) is 8. The van der Waals surface area contributed by atoms with E-state index in [4.69, 9.17) is 14.2 Å². The van der Waals surface area contributed by atoms with E-state index in [0.717, 1.165) is 24.0 Å². The average Bonchev–Trinajstić information content (AvgIpc) is 3.38. The average molecular weight is 444 g/mol. The third-order valence-corrected chi connectivity index (χ3v) is 7.34. The van der Waals surface area contributed by atoms with E-state index < -0.39 is 5.60 Å². The SMILES string of the molecule is COc1cc(OC)c2c(c1)OC1(CCN(C(=O)CC3=CSC4=NCCN34)CC1)CC2=O. The summed E-state index contributed by atoms with van der Waals surface area (Å²) in [6.45, 7) is 2.79. The van der Waals surface area contributed by atoms with Crippen LogP contribution < -0.4 is 14.2 Å². The third kappa shape index (κ3) is 3.54. The summed E-state index contributed by atoms with van der Waals surface area (Å²) in [6, 6.07) is 3.44. The zero-order chi connectivity index (χ0) is 21.6. The summed E-state index contributed by atoms with van der Waals surface area (Å²) in [4.78, 5) is 34.4. The molecule has 0 saturated carbocycles. The highest BCUT2D eigenvalue weighted by Crippen LogP contribution is 2.45. The van der Waals surface area contributed by atoms with Crippen LogP contribution in [0.4, 0.5) is 0 Å². The number of carbonyl (C=O) groups is 2. The second-order valence-corrected chi connectivity index (χ2v) is 9.02. The largest absolute Gasteiger partial charge is 0.496 e. The summed E-state index contributed by atoms with van der Waals surface area (Å²) in [5, 5.41) is 3.03. The molecule has 8 nitrogen and oxygen atoms in total. The molecular formula is C22H25N3O5S. The number of ketones is 1. The number of aliphatic imine (C=N–C) groups is 1. The lowest BCUT2D eigenvalue weighted by atomic mass is 9.82. The molecule has 9 heteroatoms. The quantitative estimate of drug-likeness (QED) is 0.708. The standard InChI is InChI=1S/C22H25N3O5S/c1-28-15-10-17(29-2)20-16(26)12-22(30-18(20)11-15)3-6-24(7-4-22)19(27)9-14-13-31-21-23-5-8-25(14)21/h10-11,13H,3-9,12H2,1-2H3. The van der Waals surface area contributed by atoms with Crippen LogP contribution in [0.15, 0.2) is 28.2 Å². The Balaban J connectivity index is 1.26. The molecule has 1 fully saturated rings. The molecule has 0 atom stereocenters. The minimum atomic E-state index is -0.588. The minimum absolute atomic E-state index is 0.00881. The smallest absolute Gasteiger partial charge is 0.228 e. The number of amides is 1. The molecule has 4 heterocycles. The van der Waals surface area contributed by atoms with Crippen LogP contribution >= 0.6 is 11.8 Å². The molecule has 0 bridgehead atoms. The lowest BCUT2D eigenvalue weighted by Crippen LogP contribution is -2.52. The van der Waals surface area contributed by atoms with Gasteiger partial charge in [-0.2, -0.15) is 0 Å². The first-order valence-corrected chi connectivity index (χ1v) is 11.3. The third-order valence-electron chi connectivity index (χ3n) is 6.39. The molecule has 1 amide bonds. The van der Waals surface area contributed by atoms with Gasteiger partial charge in [0.1, 0.15) is 28.4 Å². The van der Waals surface area contributed by atoms with Gasteiger partial charge in [-0.15, -0.1) is 0 Å². The normalized spacial score (nSPS) is 21.3. The number of likely N-dealkylation sites (tertiary alicyclic amines) is 1. The molecule has 164 valence electrons. The first-order chi connectivity index (χ1) is 15.0. The van der Waals surface area contributed by atoms with Gasteiger partial charge < -0.3 is 24.0 Å². The number of hydrogen-bond donors (Lipinski definition) is 0. The van der Waals surface area contributed by atoms with Gasteiger partial charge in [0.2, 0.25) is 5.91 Å². The first-order valence-electron chi connectivity index (χ1n) is 10.5. The Morgan fingerprint density at radius 2 is 2.03 bits per heavy atom. The zero-order valence-electron chi connectivity index (χ0n) is 17.7. The van der Waals surface area contributed by atoms with E-state index in [1.165, 1.54) is 7.11 Å². The van der Waals surface area contributed by atoms with Gasteiger partial charge in [-0.1, -0.05) is 11.8 Å². The second-order valence-electron chi connectivity index (χ2n) is 8.19. The summed E-state index contributed by atoms with van der Waals surface area (Å²) in [5.74, 6) is 1.67.